The van der Waals surface area contributed by atoms with Crippen molar-refractivity contribution in [2.75, 3.05) is 36.7 Å². The molecule has 1 fully saturated rings. The molecule has 38 heavy (non-hydrogen) atoms. The van der Waals surface area contributed by atoms with Gasteiger partial charge in [-0.3, -0.25) is 9.59 Å². The van der Waals surface area contributed by atoms with Gasteiger partial charge in [-0.2, -0.15) is 0 Å². The molecule has 4 aromatic rings. The van der Waals surface area contributed by atoms with Crippen molar-refractivity contribution >= 4 is 39.7 Å². The summed E-state index contributed by atoms with van der Waals surface area (Å²) in [6.07, 6.45) is 1.36. The van der Waals surface area contributed by atoms with Crippen LogP contribution in [0.1, 0.15) is 35.7 Å². The number of hydrogen-bond acceptors (Lipinski definition) is 9. The lowest BCUT2D eigenvalue weighted by molar-refractivity contribution is -0.148. The summed E-state index contributed by atoms with van der Waals surface area (Å²) in [6.45, 7) is 3.71. The van der Waals surface area contributed by atoms with Crippen LogP contribution >= 0.6 is 0 Å². The molecule has 0 amide bonds. The van der Waals surface area contributed by atoms with Crippen LogP contribution in [0.5, 0.6) is 11.5 Å². The number of benzene rings is 3. The first-order chi connectivity index (χ1) is 18.6. The molecule has 2 aliphatic heterocycles. The lowest BCUT2D eigenvalue weighted by Crippen LogP contribution is -2.37. The van der Waals surface area contributed by atoms with Crippen LogP contribution in [-0.2, 0) is 9.53 Å². The Kier molecular flexibility index (Phi) is 5.24. The Balaban J connectivity index is 1.34. The molecule has 192 valence electrons. The minimum atomic E-state index is -0.141. The van der Waals surface area contributed by atoms with Gasteiger partial charge in [0.1, 0.15) is 5.52 Å². The van der Waals surface area contributed by atoms with Crippen LogP contribution in [0.25, 0.3) is 22.2 Å². The highest BCUT2D eigenvalue weighted by Gasteiger charge is 2.35. The number of ether oxygens (including phenoxy) is 3. The van der Waals surface area contributed by atoms with Crippen molar-refractivity contribution in [1.29, 1.82) is 0 Å². The van der Waals surface area contributed by atoms with Crippen LogP contribution in [0.2, 0.25) is 0 Å². The van der Waals surface area contributed by atoms with E-state index in [1.807, 2.05) is 55.5 Å². The van der Waals surface area contributed by atoms with Gasteiger partial charge in [-0.25, -0.2) is 0 Å². The second-order valence-corrected chi connectivity index (χ2v) is 9.63. The van der Waals surface area contributed by atoms with E-state index in [-0.39, 0.29) is 24.5 Å². The fourth-order valence-electron chi connectivity index (χ4n) is 5.63. The fraction of sp³-hybridized carbons (Fsp3) is 0.276. The van der Waals surface area contributed by atoms with E-state index in [4.69, 9.17) is 18.7 Å². The summed E-state index contributed by atoms with van der Waals surface area (Å²) in [5.41, 5.74) is 4.76. The Morgan fingerprint density at radius 2 is 1.87 bits per heavy atom. The van der Waals surface area contributed by atoms with E-state index >= 15 is 0 Å². The molecule has 1 N–H and O–H groups in total. The molecule has 1 aromatic heterocycles. The molecular weight excluding hydrogens is 486 g/mol. The van der Waals surface area contributed by atoms with Crippen molar-refractivity contribution in [1.82, 2.24) is 5.16 Å². The molecule has 3 aromatic carbocycles. The summed E-state index contributed by atoms with van der Waals surface area (Å²) in [5.74, 6) is 1.57. The van der Waals surface area contributed by atoms with E-state index < -0.39 is 0 Å². The van der Waals surface area contributed by atoms with Gasteiger partial charge in [0.05, 0.1) is 34.8 Å². The molecule has 9 heteroatoms. The molecule has 0 radical (unpaired) electrons. The van der Waals surface area contributed by atoms with E-state index in [9.17, 15) is 9.59 Å². The highest BCUT2D eigenvalue weighted by molar-refractivity contribution is 6.28. The smallest absolute Gasteiger partial charge is 0.309 e. The molecule has 0 saturated carbocycles. The van der Waals surface area contributed by atoms with Crippen LogP contribution in [0.15, 0.2) is 53.1 Å². The number of nitrogens with zero attached hydrogens (tertiary/aromatic N) is 2. The predicted molar refractivity (Wildman–Crippen MR) is 140 cm³/mol. The highest BCUT2D eigenvalue weighted by atomic mass is 16.7. The predicted octanol–water partition coefficient (Wildman–Crippen LogP) is 5.29. The first-order valence-electron chi connectivity index (χ1n) is 12.8. The Bertz CT molecular complexity index is 1600. The maximum absolute atomic E-state index is 13.8. The molecule has 3 heterocycles. The first kappa shape index (κ1) is 22.7. The average Bonchev–Trinajstić information content (AvgIpc) is 3.60. The molecule has 3 aliphatic rings. The van der Waals surface area contributed by atoms with Crippen LogP contribution in [0.4, 0.5) is 17.1 Å². The number of piperidine rings is 1. The van der Waals surface area contributed by atoms with Crippen molar-refractivity contribution in [3.63, 3.8) is 0 Å². The van der Waals surface area contributed by atoms with Gasteiger partial charge in [0.15, 0.2) is 23.0 Å². The third-order valence-corrected chi connectivity index (χ3v) is 7.49. The highest BCUT2D eigenvalue weighted by Crippen LogP contribution is 2.47. The minimum absolute atomic E-state index is 0.0860. The number of carbonyl (C=O) groups excluding carboxylic acids is 2. The molecule has 9 nitrogen and oxygen atoms in total. The van der Waals surface area contributed by atoms with Crippen molar-refractivity contribution in [2.24, 2.45) is 5.92 Å². The van der Waals surface area contributed by atoms with Gasteiger partial charge in [0, 0.05) is 36.0 Å². The molecular formula is C29H25N3O6. The Morgan fingerprint density at radius 3 is 2.68 bits per heavy atom. The van der Waals surface area contributed by atoms with Crippen molar-refractivity contribution < 1.29 is 28.3 Å². The summed E-state index contributed by atoms with van der Waals surface area (Å²) in [6, 6.07) is 15.0. The third kappa shape index (κ3) is 3.49. The lowest BCUT2D eigenvalue weighted by Gasteiger charge is -2.33. The Labute approximate surface area is 218 Å². The van der Waals surface area contributed by atoms with Crippen molar-refractivity contribution in [2.45, 2.75) is 19.8 Å². The van der Waals surface area contributed by atoms with Gasteiger partial charge in [0.2, 0.25) is 6.79 Å². The maximum atomic E-state index is 13.8. The zero-order valence-electron chi connectivity index (χ0n) is 20.8. The zero-order chi connectivity index (χ0) is 25.8. The second-order valence-electron chi connectivity index (χ2n) is 9.63. The largest absolute Gasteiger partial charge is 0.466 e. The van der Waals surface area contributed by atoms with Crippen LogP contribution in [0, 0.1) is 5.92 Å². The first-order valence-corrected chi connectivity index (χ1v) is 12.8. The quantitative estimate of drug-likeness (QED) is 0.315. The number of esters is 1. The SMILES string of the molecule is CCOC(=O)C1CCN(c2cc(Nc3ccc4c(c3)OCO4)c3c4c(onc24)-c2ccccc2C3=O)CC1. The number of ketones is 1. The maximum Gasteiger partial charge on any atom is 0.309 e. The van der Waals surface area contributed by atoms with E-state index in [1.165, 1.54) is 0 Å². The van der Waals surface area contributed by atoms with E-state index in [1.54, 1.807) is 0 Å². The molecule has 1 aliphatic carbocycles. The van der Waals surface area contributed by atoms with E-state index in [0.29, 0.717) is 77.5 Å². The molecule has 1 saturated heterocycles. The molecule has 0 unspecified atom stereocenters. The molecule has 0 bridgehead atoms. The third-order valence-electron chi connectivity index (χ3n) is 7.49. The van der Waals surface area contributed by atoms with Gasteiger partial charge in [-0.1, -0.05) is 29.4 Å². The Morgan fingerprint density at radius 1 is 1.08 bits per heavy atom. The average molecular weight is 512 g/mol. The number of hydrogen-bond donors (Lipinski definition) is 1. The summed E-state index contributed by atoms with van der Waals surface area (Å²) in [5, 5.41) is 8.60. The standard InChI is InChI=1S/C29H25N3O6/c1-2-35-29(34)16-9-11-32(12-10-16)21-14-20(30-17-7-8-22-23(13-17)37-15-36-22)24-25-26(21)31-38-28(25)19-6-4-3-5-18(19)27(24)33/h3-8,13-14,16,30H,2,9-12,15H2,1H3. The van der Waals surface area contributed by atoms with Gasteiger partial charge in [0.25, 0.3) is 0 Å². The molecule has 0 spiro atoms. The number of carbonyl (C=O) groups is 2. The minimum Gasteiger partial charge on any atom is -0.466 e. The van der Waals surface area contributed by atoms with Gasteiger partial charge in [-0.05, 0) is 38.0 Å². The van der Waals surface area contributed by atoms with E-state index in [0.717, 1.165) is 16.9 Å². The van der Waals surface area contributed by atoms with Gasteiger partial charge < -0.3 is 29.0 Å². The second kappa shape index (κ2) is 8.79. The molecule has 0 atom stereocenters. The Hall–Kier alpha value is -4.53. The summed E-state index contributed by atoms with van der Waals surface area (Å²) >= 11 is 0. The van der Waals surface area contributed by atoms with Crippen LogP contribution < -0.4 is 19.7 Å². The number of rotatable bonds is 5. The lowest BCUT2D eigenvalue weighted by atomic mass is 9.86. The van der Waals surface area contributed by atoms with Crippen LogP contribution in [0.3, 0.4) is 0 Å². The topological polar surface area (TPSA) is 103 Å². The number of nitrogens with one attached hydrogen (secondary N) is 1. The van der Waals surface area contributed by atoms with Gasteiger partial charge in [-0.15, -0.1) is 0 Å². The summed E-state index contributed by atoms with van der Waals surface area (Å²) < 4.78 is 22.1. The summed E-state index contributed by atoms with van der Waals surface area (Å²) in [4.78, 5) is 28.3. The monoisotopic (exact) mass is 511 g/mol. The van der Waals surface area contributed by atoms with E-state index in [2.05, 4.69) is 15.4 Å². The van der Waals surface area contributed by atoms with Crippen molar-refractivity contribution in [3.8, 4) is 22.8 Å². The molecule has 7 rings (SSSR count). The normalized spacial score (nSPS) is 16.0. The summed E-state index contributed by atoms with van der Waals surface area (Å²) in [7, 11) is 0. The number of aromatic nitrogens is 1. The number of anilines is 3. The van der Waals surface area contributed by atoms with Gasteiger partial charge >= 0.3 is 5.97 Å². The number of fused-ring (bicyclic) bond motifs is 3. The van der Waals surface area contributed by atoms with Crippen LogP contribution in [-0.4, -0.2) is 43.4 Å². The zero-order valence-corrected chi connectivity index (χ0v) is 20.8. The fourth-order valence-corrected chi connectivity index (χ4v) is 5.63. The van der Waals surface area contributed by atoms with Crippen molar-refractivity contribution in [3.05, 3.63) is 59.7 Å².